The number of nitrogens with two attached hydrogens (primary N) is 1. The van der Waals surface area contributed by atoms with E-state index in [1.807, 2.05) is 19.9 Å². The van der Waals surface area contributed by atoms with Gasteiger partial charge in [-0.3, -0.25) is 9.78 Å². The van der Waals surface area contributed by atoms with Crippen LogP contribution in [0.4, 0.5) is 5.69 Å². The van der Waals surface area contributed by atoms with Crippen molar-refractivity contribution in [3.05, 3.63) is 23.0 Å². The molecule has 0 saturated carbocycles. The maximum atomic E-state index is 11.4. The van der Waals surface area contributed by atoms with Gasteiger partial charge in [0.15, 0.2) is 0 Å². The van der Waals surface area contributed by atoms with Gasteiger partial charge in [-0.1, -0.05) is 0 Å². The standard InChI is InChI=1S/C15H20N4O/c1-9-6-14(13(7-16)11(3)18-9)19-8-12(15(17)20)5-4-10(19)2/h6,10,12H,4-5,8H2,1-3H3,(H2,17,20). The van der Waals surface area contributed by atoms with E-state index >= 15 is 0 Å². The number of nitriles is 1. The van der Waals surface area contributed by atoms with E-state index in [-0.39, 0.29) is 11.8 Å². The van der Waals surface area contributed by atoms with E-state index in [1.165, 1.54) is 0 Å². The topological polar surface area (TPSA) is 83.0 Å². The van der Waals surface area contributed by atoms with Crippen LogP contribution in [0.25, 0.3) is 0 Å². The molecule has 2 atom stereocenters. The van der Waals surface area contributed by atoms with Crippen LogP contribution >= 0.6 is 0 Å². The first-order valence-electron chi connectivity index (χ1n) is 6.88. The number of anilines is 1. The third kappa shape index (κ3) is 2.60. The molecule has 2 heterocycles. The van der Waals surface area contributed by atoms with E-state index in [9.17, 15) is 10.1 Å². The summed E-state index contributed by atoms with van der Waals surface area (Å²) in [5, 5.41) is 9.37. The maximum absolute atomic E-state index is 11.4. The number of rotatable bonds is 2. The highest BCUT2D eigenvalue weighted by atomic mass is 16.1. The average Bonchev–Trinajstić information content (AvgIpc) is 2.38. The Labute approximate surface area is 119 Å². The molecule has 0 bridgehead atoms. The first-order chi connectivity index (χ1) is 9.43. The van der Waals surface area contributed by atoms with Gasteiger partial charge in [-0.2, -0.15) is 5.26 Å². The van der Waals surface area contributed by atoms with Crippen molar-refractivity contribution in [3.8, 4) is 6.07 Å². The highest BCUT2D eigenvalue weighted by Crippen LogP contribution is 2.31. The molecule has 1 saturated heterocycles. The smallest absolute Gasteiger partial charge is 0.222 e. The lowest BCUT2D eigenvalue weighted by Gasteiger charge is -2.39. The number of hydrogen-bond acceptors (Lipinski definition) is 4. The Morgan fingerprint density at radius 3 is 2.80 bits per heavy atom. The Bertz CT molecular complexity index is 576. The van der Waals surface area contributed by atoms with Crippen LogP contribution in [0.2, 0.25) is 0 Å². The van der Waals surface area contributed by atoms with E-state index in [0.29, 0.717) is 18.2 Å². The van der Waals surface area contributed by atoms with Crippen molar-refractivity contribution < 1.29 is 4.79 Å². The molecule has 0 aromatic carbocycles. The van der Waals surface area contributed by atoms with E-state index < -0.39 is 0 Å². The van der Waals surface area contributed by atoms with Crippen LogP contribution in [0.1, 0.15) is 36.7 Å². The van der Waals surface area contributed by atoms with Crippen molar-refractivity contribution in [1.82, 2.24) is 4.98 Å². The van der Waals surface area contributed by atoms with Gasteiger partial charge in [0.1, 0.15) is 6.07 Å². The van der Waals surface area contributed by atoms with Gasteiger partial charge in [-0.25, -0.2) is 0 Å². The fraction of sp³-hybridized carbons (Fsp3) is 0.533. The van der Waals surface area contributed by atoms with Crippen LogP contribution in [-0.4, -0.2) is 23.5 Å². The molecule has 1 aromatic rings. The summed E-state index contributed by atoms with van der Waals surface area (Å²) in [6.07, 6.45) is 1.72. The zero-order chi connectivity index (χ0) is 14.9. The molecule has 5 heteroatoms. The summed E-state index contributed by atoms with van der Waals surface area (Å²) in [6.45, 7) is 6.45. The average molecular weight is 272 g/mol. The molecule has 1 fully saturated rings. The molecule has 106 valence electrons. The summed E-state index contributed by atoms with van der Waals surface area (Å²) in [6, 6.07) is 4.45. The van der Waals surface area contributed by atoms with Crippen molar-refractivity contribution in [2.24, 2.45) is 11.7 Å². The SMILES string of the molecule is Cc1cc(N2CC(C(N)=O)CCC2C)c(C#N)c(C)n1. The molecular weight excluding hydrogens is 252 g/mol. The number of piperidine rings is 1. The fourth-order valence-electron chi connectivity index (χ4n) is 2.85. The lowest BCUT2D eigenvalue weighted by Crippen LogP contribution is -2.46. The van der Waals surface area contributed by atoms with Gasteiger partial charge in [0, 0.05) is 18.3 Å². The monoisotopic (exact) mass is 272 g/mol. The second kappa shape index (κ2) is 5.49. The van der Waals surface area contributed by atoms with Crippen LogP contribution in [0.3, 0.4) is 0 Å². The lowest BCUT2D eigenvalue weighted by atomic mass is 9.91. The number of amides is 1. The van der Waals surface area contributed by atoms with Gasteiger partial charge in [0.05, 0.1) is 22.9 Å². The molecule has 1 aliphatic heterocycles. The largest absolute Gasteiger partial charge is 0.369 e. The zero-order valence-electron chi connectivity index (χ0n) is 12.2. The number of pyridine rings is 1. The molecular formula is C15H20N4O. The maximum Gasteiger partial charge on any atom is 0.222 e. The van der Waals surface area contributed by atoms with Crippen LogP contribution in [-0.2, 0) is 4.79 Å². The summed E-state index contributed by atoms with van der Waals surface area (Å²) in [5.74, 6) is -0.408. The van der Waals surface area contributed by atoms with Crippen LogP contribution < -0.4 is 10.6 Å². The molecule has 2 rings (SSSR count). The molecule has 1 aromatic heterocycles. The number of aromatic nitrogens is 1. The third-order valence-corrected chi connectivity index (χ3v) is 4.01. The highest BCUT2D eigenvalue weighted by molar-refractivity contribution is 5.78. The first-order valence-corrected chi connectivity index (χ1v) is 6.88. The summed E-state index contributed by atoms with van der Waals surface area (Å²) in [4.78, 5) is 17.9. The molecule has 2 unspecified atom stereocenters. The molecule has 0 aliphatic carbocycles. The lowest BCUT2D eigenvalue weighted by molar-refractivity contribution is -0.122. The number of carbonyl (C=O) groups excluding carboxylic acids is 1. The normalized spacial score (nSPS) is 22.4. The number of aryl methyl sites for hydroxylation is 2. The predicted octanol–water partition coefficient (Wildman–Crippen LogP) is 1.66. The Morgan fingerprint density at radius 2 is 2.20 bits per heavy atom. The summed E-state index contributed by atoms with van der Waals surface area (Å²) in [5.41, 5.74) is 8.51. The van der Waals surface area contributed by atoms with Crippen molar-refractivity contribution in [2.75, 3.05) is 11.4 Å². The predicted molar refractivity (Wildman–Crippen MR) is 77.2 cm³/mol. The van der Waals surface area contributed by atoms with Crippen molar-refractivity contribution >= 4 is 11.6 Å². The Hall–Kier alpha value is -2.09. The van der Waals surface area contributed by atoms with Crippen LogP contribution in [0.15, 0.2) is 6.07 Å². The number of primary amides is 1. The number of hydrogen-bond donors (Lipinski definition) is 1. The van der Waals surface area contributed by atoms with E-state index in [1.54, 1.807) is 0 Å². The second-order valence-corrected chi connectivity index (χ2v) is 5.53. The minimum atomic E-state index is -0.261. The minimum absolute atomic E-state index is 0.147. The molecule has 20 heavy (non-hydrogen) atoms. The van der Waals surface area contributed by atoms with E-state index in [4.69, 9.17) is 5.73 Å². The summed E-state index contributed by atoms with van der Waals surface area (Å²) in [7, 11) is 0. The van der Waals surface area contributed by atoms with Crippen LogP contribution in [0, 0.1) is 31.1 Å². The zero-order valence-corrected chi connectivity index (χ0v) is 12.2. The number of nitrogens with zero attached hydrogens (tertiary/aromatic N) is 3. The first kappa shape index (κ1) is 14.3. The van der Waals surface area contributed by atoms with Crippen molar-refractivity contribution in [1.29, 1.82) is 5.26 Å². The van der Waals surface area contributed by atoms with Gasteiger partial charge in [-0.05, 0) is 39.7 Å². The molecule has 1 amide bonds. The van der Waals surface area contributed by atoms with Gasteiger partial charge in [-0.15, -0.1) is 0 Å². The molecule has 1 aliphatic rings. The van der Waals surface area contributed by atoms with E-state index in [2.05, 4.69) is 22.9 Å². The van der Waals surface area contributed by atoms with Gasteiger partial charge >= 0.3 is 0 Å². The van der Waals surface area contributed by atoms with Crippen LogP contribution in [0.5, 0.6) is 0 Å². The van der Waals surface area contributed by atoms with E-state index in [0.717, 1.165) is 29.9 Å². The number of carbonyl (C=O) groups is 1. The van der Waals surface area contributed by atoms with Gasteiger partial charge in [0.25, 0.3) is 0 Å². The molecule has 5 nitrogen and oxygen atoms in total. The van der Waals surface area contributed by atoms with Crippen molar-refractivity contribution in [2.45, 2.75) is 39.7 Å². The Kier molecular flexibility index (Phi) is 3.93. The second-order valence-electron chi connectivity index (χ2n) is 5.53. The summed E-state index contributed by atoms with van der Waals surface area (Å²) < 4.78 is 0. The third-order valence-electron chi connectivity index (χ3n) is 4.01. The molecule has 2 N–H and O–H groups in total. The van der Waals surface area contributed by atoms with Gasteiger partial charge in [0.2, 0.25) is 5.91 Å². The quantitative estimate of drug-likeness (QED) is 0.887. The Balaban J connectivity index is 2.43. The van der Waals surface area contributed by atoms with Crippen molar-refractivity contribution in [3.63, 3.8) is 0 Å². The Morgan fingerprint density at radius 1 is 1.50 bits per heavy atom. The fourth-order valence-corrected chi connectivity index (χ4v) is 2.85. The summed E-state index contributed by atoms with van der Waals surface area (Å²) >= 11 is 0. The minimum Gasteiger partial charge on any atom is -0.369 e. The van der Waals surface area contributed by atoms with Gasteiger partial charge < -0.3 is 10.6 Å². The molecule has 0 spiro atoms. The highest BCUT2D eigenvalue weighted by Gasteiger charge is 2.30. The molecule has 0 radical (unpaired) electrons.